The number of aromatic nitrogens is 2. The average Bonchev–Trinajstić information content (AvgIpc) is 3.04. The molecule has 0 saturated carbocycles. The standard InChI is InChI=1S/C20H27N3O3/c1-6-16(7-2)22(5)19(24)15-9-11-17(12-10-15)23-14(4)18(13-21-23)20(25)26-8-3/h9-13,16H,6-8H2,1-5H3. The van der Waals surface area contributed by atoms with Crippen molar-refractivity contribution in [3.05, 3.63) is 47.3 Å². The van der Waals surface area contributed by atoms with Crippen molar-refractivity contribution >= 4 is 11.9 Å². The van der Waals surface area contributed by atoms with E-state index in [0.717, 1.165) is 18.5 Å². The summed E-state index contributed by atoms with van der Waals surface area (Å²) in [6.07, 6.45) is 3.37. The Morgan fingerprint density at radius 1 is 1.15 bits per heavy atom. The zero-order valence-electron chi connectivity index (χ0n) is 16.2. The van der Waals surface area contributed by atoms with E-state index in [9.17, 15) is 9.59 Å². The minimum atomic E-state index is -0.380. The lowest BCUT2D eigenvalue weighted by atomic mass is 10.1. The van der Waals surface area contributed by atoms with Gasteiger partial charge in [-0.1, -0.05) is 13.8 Å². The van der Waals surface area contributed by atoms with Crippen LogP contribution in [0.5, 0.6) is 0 Å². The Balaban J connectivity index is 2.22. The van der Waals surface area contributed by atoms with Gasteiger partial charge in [0.2, 0.25) is 0 Å². The fraction of sp³-hybridized carbons (Fsp3) is 0.450. The summed E-state index contributed by atoms with van der Waals surface area (Å²) in [6, 6.07) is 7.50. The summed E-state index contributed by atoms with van der Waals surface area (Å²) in [4.78, 5) is 26.3. The first-order chi connectivity index (χ1) is 12.4. The molecule has 6 nitrogen and oxygen atoms in total. The third-order valence-corrected chi connectivity index (χ3v) is 4.67. The number of esters is 1. The van der Waals surface area contributed by atoms with Crippen LogP contribution in [0.4, 0.5) is 0 Å². The zero-order chi connectivity index (χ0) is 19.3. The fourth-order valence-electron chi connectivity index (χ4n) is 3.03. The molecule has 1 heterocycles. The van der Waals surface area contributed by atoms with Crippen LogP contribution in [0.3, 0.4) is 0 Å². The third kappa shape index (κ3) is 3.95. The summed E-state index contributed by atoms with van der Waals surface area (Å²) >= 11 is 0. The van der Waals surface area contributed by atoms with Gasteiger partial charge >= 0.3 is 5.97 Å². The van der Waals surface area contributed by atoms with Gasteiger partial charge < -0.3 is 9.64 Å². The number of rotatable bonds is 7. The molecule has 0 atom stereocenters. The first kappa shape index (κ1) is 19.7. The third-order valence-electron chi connectivity index (χ3n) is 4.67. The maximum absolute atomic E-state index is 12.6. The van der Waals surface area contributed by atoms with E-state index in [4.69, 9.17) is 4.74 Å². The maximum Gasteiger partial charge on any atom is 0.341 e. The molecular weight excluding hydrogens is 330 g/mol. The predicted octanol–water partition coefficient (Wildman–Crippen LogP) is 3.62. The second-order valence-electron chi connectivity index (χ2n) is 6.21. The summed E-state index contributed by atoms with van der Waals surface area (Å²) in [5.74, 6) is -0.371. The summed E-state index contributed by atoms with van der Waals surface area (Å²) in [5.41, 5.74) is 2.58. The van der Waals surface area contributed by atoms with Crippen LogP contribution in [0.1, 0.15) is 60.0 Å². The topological polar surface area (TPSA) is 64.4 Å². The summed E-state index contributed by atoms with van der Waals surface area (Å²) < 4.78 is 6.71. The van der Waals surface area contributed by atoms with E-state index >= 15 is 0 Å². The van der Waals surface area contributed by atoms with Gasteiger partial charge in [0.15, 0.2) is 0 Å². The number of nitrogens with zero attached hydrogens (tertiary/aromatic N) is 3. The van der Waals surface area contributed by atoms with Crippen molar-refractivity contribution in [1.29, 1.82) is 0 Å². The van der Waals surface area contributed by atoms with E-state index in [1.54, 1.807) is 28.6 Å². The number of ether oxygens (including phenoxy) is 1. The Hall–Kier alpha value is -2.63. The molecule has 6 heteroatoms. The van der Waals surface area contributed by atoms with Crippen LogP contribution in [0, 0.1) is 6.92 Å². The lowest BCUT2D eigenvalue weighted by Gasteiger charge is -2.26. The van der Waals surface area contributed by atoms with Crippen molar-refractivity contribution in [3.63, 3.8) is 0 Å². The Morgan fingerprint density at radius 3 is 2.31 bits per heavy atom. The van der Waals surface area contributed by atoms with E-state index in [1.807, 2.05) is 26.1 Å². The van der Waals surface area contributed by atoms with Gasteiger partial charge in [-0.2, -0.15) is 5.10 Å². The fourth-order valence-corrected chi connectivity index (χ4v) is 3.03. The van der Waals surface area contributed by atoms with Crippen molar-refractivity contribution < 1.29 is 14.3 Å². The Bertz CT molecular complexity index is 761. The molecule has 0 aliphatic rings. The number of amides is 1. The molecule has 0 radical (unpaired) electrons. The molecule has 0 spiro atoms. The monoisotopic (exact) mass is 357 g/mol. The van der Waals surface area contributed by atoms with Gasteiger partial charge in [-0.15, -0.1) is 0 Å². The van der Waals surface area contributed by atoms with Gasteiger partial charge in [0.25, 0.3) is 5.91 Å². The smallest absolute Gasteiger partial charge is 0.341 e. The van der Waals surface area contributed by atoms with Gasteiger partial charge in [-0.3, -0.25) is 4.79 Å². The van der Waals surface area contributed by atoms with E-state index < -0.39 is 0 Å². The average molecular weight is 357 g/mol. The van der Waals surface area contributed by atoms with Crippen molar-refractivity contribution in [1.82, 2.24) is 14.7 Å². The number of hydrogen-bond donors (Lipinski definition) is 0. The number of carbonyl (C=O) groups is 2. The summed E-state index contributed by atoms with van der Waals surface area (Å²) in [6.45, 7) is 8.08. The molecule has 0 aliphatic heterocycles. The highest BCUT2D eigenvalue weighted by atomic mass is 16.5. The summed E-state index contributed by atoms with van der Waals surface area (Å²) in [5, 5.41) is 4.27. The zero-order valence-corrected chi connectivity index (χ0v) is 16.2. The van der Waals surface area contributed by atoms with Crippen LogP contribution in [-0.4, -0.2) is 46.3 Å². The van der Waals surface area contributed by atoms with Crippen LogP contribution in [-0.2, 0) is 4.74 Å². The largest absolute Gasteiger partial charge is 0.462 e. The van der Waals surface area contributed by atoms with E-state index in [-0.39, 0.29) is 17.9 Å². The summed E-state index contributed by atoms with van der Waals surface area (Å²) in [7, 11) is 1.84. The molecule has 26 heavy (non-hydrogen) atoms. The molecular formula is C20H27N3O3. The minimum Gasteiger partial charge on any atom is -0.462 e. The van der Waals surface area contributed by atoms with E-state index in [0.29, 0.717) is 23.4 Å². The molecule has 1 amide bonds. The molecule has 0 N–H and O–H groups in total. The molecule has 0 unspecified atom stereocenters. The lowest BCUT2D eigenvalue weighted by Crippen LogP contribution is -2.36. The molecule has 1 aromatic heterocycles. The first-order valence-corrected chi connectivity index (χ1v) is 9.03. The van der Waals surface area contributed by atoms with E-state index in [1.165, 1.54) is 6.20 Å². The Morgan fingerprint density at radius 2 is 1.77 bits per heavy atom. The van der Waals surface area contributed by atoms with Crippen molar-refractivity contribution in [2.45, 2.75) is 46.6 Å². The van der Waals surface area contributed by atoms with Gasteiger partial charge in [0, 0.05) is 18.7 Å². The highest BCUT2D eigenvalue weighted by molar-refractivity contribution is 5.94. The number of hydrogen-bond acceptors (Lipinski definition) is 4. The molecule has 0 bridgehead atoms. The van der Waals surface area contributed by atoms with Crippen LogP contribution < -0.4 is 0 Å². The number of carbonyl (C=O) groups excluding carboxylic acids is 2. The SMILES string of the molecule is CCOC(=O)c1cnn(-c2ccc(C(=O)N(C)C(CC)CC)cc2)c1C. The van der Waals surface area contributed by atoms with Gasteiger partial charge in [-0.25, -0.2) is 9.48 Å². The van der Waals surface area contributed by atoms with Gasteiger partial charge in [0.05, 0.1) is 24.2 Å². The second-order valence-corrected chi connectivity index (χ2v) is 6.21. The second kappa shape index (κ2) is 8.65. The number of benzene rings is 1. The van der Waals surface area contributed by atoms with Crippen molar-refractivity contribution in [2.75, 3.05) is 13.7 Å². The molecule has 0 fully saturated rings. The van der Waals surface area contributed by atoms with Crippen LogP contribution in [0.25, 0.3) is 5.69 Å². The minimum absolute atomic E-state index is 0.00894. The maximum atomic E-state index is 12.6. The van der Waals surface area contributed by atoms with Crippen molar-refractivity contribution in [2.24, 2.45) is 0 Å². The quantitative estimate of drug-likeness (QED) is 0.710. The van der Waals surface area contributed by atoms with Gasteiger partial charge in [0.1, 0.15) is 5.56 Å². The predicted molar refractivity (Wildman–Crippen MR) is 101 cm³/mol. The molecule has 140 valence electrons. The normalized spacial score (nSPS) is 10.8. The Labute approximate surface area is 154 Å². The highest BCUT2D eigenvalue weighted by Gasteiger charge is 2.19. The van der Waals surface area contributed by atoms with Crippen LogP contribution in [0.2, 0.25) is 0 Å². The van der Waals surface area contributed by atoms with Crippen LogP contribution >= 0.6 is 0 Å². The van der Waals surface area contributed by atoms with Gasteiger partial charge in [-0.05, 0) is 51.0 Å². The van der Waals surface area contributed by atoms with E-state index in [2.05, 4.69) is 18.9 Å². The first-order valence-electron chi connectivity index (χ1n) is 9.03. The van der Waals surface area contributed by atoms with Crippen molar-refractivity contribution in [3.8, 4) is 5.69 Å². The molecule has 2 rings (SSSR count). The molecule has 0 aliphatic carbocycles. The van der Waals surface area contributed by atoms with Crippen LogP contribution in [0.15, 0.2) is 30.5 Å². The molecule has 0 saturated heterocycles. The Kier molecular flexibility index (Phi) is 6.55. The lowest BCUT2D eigenvalue weighted by molar-refractivity contribution is 0.0525. The highest BCUT2D eigenvalue weighted by Crippen LogP contribution is 2.17. The molecule has 1 aromatic carbocycles. The molecule has 2 aromatic rings.